The smallest absolute Gasteiger partial charge is 0.256 e. The maximum Gasteiger partial charge on any atom is 0.256 e. The number of aromatic hydroxyl groups is 1. The van der Waals surface area contributed by atoms with E-state index in [-0.39, 0.29) is 18.2 Å². The normalized spacial score (nSPS) is 15.4. The zero-order valence-electron chi connectivity index (χ0n) is 15.5. The van der Waals surface area contributed by atoms with Gasteiger partial charge in [-0.2, -0.15) is 0 Å². The first-order valence-electron chi connectivity index (χ1n) is 9.28. The molecule has 1 aliphatic heterocycles. The molecule has 1 saturated heterocycles. The molecule has 2 aromatic carbocycles. The Morgan fingerprint density at radius 1 is 1.19 bits per heavy atom. The van der Waals surface area contributed by atoms with Crippen molar-refractivity contribution in [1.82, 2.24) is 4.90 Å². The summed E-state index contributed by atoms with van der Waals surface area (Å²) in [5.74, 6) is -0.0163. The third-order valence-electron chi connectivity index (χ3n) is 4.80. The molecule has 1 atom stereocenters. The van der Waals surface area contributed by atoms with Crippen LogP contribution in [0.2, 0.25) is 0 Å². The van der Waals surface area contributed by atoms with Gasteiger partial charge in [-0.1, -0.05) is 24.3 Å². The number of anilines is 1. The lowest BCUT2D eigenvalue weighted by molar-refractivity contribution is 0.0634. The number of hydrogen-bond donors (Lipinski definition) is 2. The maximum atomic E-state index is 13.2. The maximum absolute atomic E-state index is 13.2. The molecular formula is C21H26N2O4. The zero-order chi connectivity index (χ0) is 19.2. The number of phenolic OH excluding ortho intramolecular Hbond substituents is 1. The second-order valence-electron chi connectivity index (χ2n) is 6.57. The van der Waals surface area contributed by atoms with Crippen molar-refractivity contribution in [2.75, 3.05) is 44.3 Å². The monoisotopic (exact) mass is 370 g/mol. The van der Waals surface area contributed by atoms with Gasteiger partial charge in [0.25, 0.3) is 5.91 Å². The summed E-state index contributed by atoms with van der Waals surface area (Å²) in [5.41, 5.74) is 2.11. The van der Waals surface area contributed by atoms with Crippen LogP contribution in [0.5, 0.6) is 5.75 Å². The topological polar surface area (TPSA) is 73.2 Å². The Hall–Kier alpha value is -2.57. The molecule has 2 aromatic rings. The van der Waals surface area contributed by atoms with Crippen molar-refractivity contribution in [3.63, 3.8) is 0 Å². The first-order chi connectivity index (χ1) is 13.1. The number of aliphatic hydroxyl groups excluding tert-OH is 1. The van der Waals surface area contributed by atoms with E-state index in [9.17, 15) is 15.0 Å². The molecule has 0 saturated carbocycles. The van der Waals surface area contributed by atoms with Gasteiger partial charge in [0.2, 0.25) is 0 Å². The van der Waals surface area contributed by atoms with E-state index in [4.69, 9.17) is 4.74 Å². The summed E-state index contributed by atoms with van der Waals surface area (Å²) in [4.78, 5) is 17.0. The van der Waals surface area contributed by atoms with Gasteiger partial charge in [-0.05, 0) is 36.8 Å². The number of nitrogens with zero attached hydrogens (tertiary/aromatic N) is 2. The molecule has 1 unspecified atom stereocenters. The first kappa shape index (κ1) is 19.2. The van der Waals surface area contributed by atoms with Crippen LogP contribution in [0.1, 0.15) is 28.9 Å². The molecule has 1 heterocycles. The minimum absolute atomic E-state index is 0.0959. The van der Waals surface area contributed by atoms with Crippen LogP contribution in [0.15, 0.2) is 48.5 Å². The number of ether oxygens (including phenoxy) is 1. The van der Waals surface area contributed by atoms with Gasteiger partial charge in [-0.25, -0.2) is 0 Å². The first-order valence-corrected chi connectivity index (χ1v) is 9.28. The fourth-order valence-electron chi connectivity index (χ4n) is 3.31. The van der Waals surface area contributed by atoms with Crippen LogP contribution in [-0.4, -0.2) is 60.4 Å². The van der Waals surface area contributed by atoms with E-state index >= 15 is 0 Å². The highest BCUT2D eigenvalue weighted by Crippen LogP contribution is 2.25. The largest absolute Gasteiger partial charge is 0.508 e. The van der Waals surface area contributed by atoms with E-state index in [2.05, 4.69) is 4.90 Å². The number of hydrogen-bond acceptors (Lipinski definition) is 5. The fourth-order valence-corrected chi connectivity index (χ4v) is 3.31. The average Bonchev–Trinajstić information content (AvgIpc) is 2.72. The summed E-state index contributed by atoms with van der Waals surface area (Å²) in [6, 6.07) is 14.1. The number of aliphatic hydroxyl groups is 1. The van der Waals surface area contributed by atoms with Crippen molar-refractivity contribution in [3.05, 3.63) is 59.7 Å². The van der Waals surface area contributed by atoms with Crippen LogP contribution in [0.3, 0.4) is 0 Å². The van der Waals surface area contributed by atoms with E-state index < -0.39 is 6.10 Å². The molecule has 0 radical (unpaired) electrons. The lowest BCUT2D eigenvalue weighted by Crippen LogP contribution is -2.39. The van der Waals surface area contributed by atoms with Gasteiger partial charge < -0.3 is 24.7 Å². The van der Waals surface area contributed by atoms with Gasteiger partial charge in [0.1, 0.15) is 5.75 Å². The summed E-state index contributed by atoms with van der Waals surface area (Å²) >= 11 is 0. The van der Waals surface area contributed by atoms with Crippen molar-refractivity contribution in [2.45, 2.75) is 13.0 Å². The second-order valence-corrected chi connectivity index (χ2v) is 6.57. The van der Waals surface area contributed by atoms with Crippen molar-refractivity contribution in [3.8, 4) is 5.75 Å². The van der Waals surface area contributed by atoms with E-state index in [0.717, 1.165) is 18.8 Å². The minimum atomic E-state index is -0.864. The Morgan fingerprint density at radius 3 is 2.63 bits per heavy atom. The molecule has 3 rings (SSSR count). The molecule has 1 amide bonds. The minimum Gasteiger partial charge on any atom is -0.508 e. The van der Waals surface area contributed by atoms with Crippen LogP contribution >= 0.6 is 0 Å². The van der Waals surface area contributed by atoms with Crippen LogP contribution in [0, 0.1) is 0 Å². The molecule has 6 heteroatoms. The molecule has 27 heavy (non-hydrogen) atoms. The molecule has 1 fully saturated rings. The third-order valence-corrected chi connectivity index (χ3v) is 4.80. The Morgan fingerprint density at radius 2 is 1.93 bits per heavy atom. The Bertz CT molecular complexity index is 774. The molecule has 0 bridgehead atoms. The highest BCUT2D eigenvalue weighted by molar-refractivity contribution is 5.99. The molecule has 6 nitrogen and oxygen atoms in total. The summed E-state index contributed by atoms with van der Waals surface area (Å²) in [6.07, 6.45) is -0.864. The third kappa shape index (κ3) is 4.59. The Balaban J connectivity index is 1.79. The van der Waals surface area contributed by atoms with E-state index in [1.54, 1.807) is 23.1 Å². The molecule has 1 aliphatic rings. The number of benzene rings is 2. The number of carbonyl (C=O) groups excluding carboxylic acids is 1. The fraction of sp³-hybridized carbons (Fsp3) is 0.381. The second kappa shape index (κ2) is 8.88. The van der Waals surface area contributed by atoms with Crippen molar-refractivity contribution in [1.29, 1.82) is 0 Å². The van der Waals surface area contributed by atoms with Gasteiger partial charge in [-0.3, -0.25) is 4.79 Å². The van der Waals surface area contributed by atoms with Crippen LogP contribution in [0.25, 0.3) is 0 Å². The number of amides is 1. The van der Waals surface area contributed by atoms with Gasteiger partial charge in [0, 0.05) is 25.3 Å². The quantitative estimate of drug-likeness (QED) is 0.817. The average molecular weight is 370 g/mol. The predicted molar refractivity (Wildman–Crippen MR) is 104 cm³/mol. The summed E-state index contributed by atoms with van der Waals surface area (Å²) in [6.45, 7) is 5.34. The van der Waals surface area contributed by atoms with E-state index in [1.165, 1.54) is 6.07 Å². The molecule has 0 spiro atoms. The highest BCUT2D eigenvalue weighted by Gasteiger charge is 2.23. The SMILES string of the molecule is CCN(CC(O)c1cccc(O)c1)C(=O)c1ccccc1N1CCOCC1. The summed E-state index contributed by atoms with van der Waals surface area (Å²) in [7, 11) is 0. The molecule has 144 valence electrons. The lowest BCUT2D eigenvalue weighted by Gasteiger charge is -2.32. The number of rotatable bonds is 6. The highest BCUT2D eigenvalue weighted by atomic mass is 16.5. The van der Waals surface area contributed by atoms with Crippen LogP contribution < -0.4 is 4.90 Å². The molecule has 2 N–H and O–H groups in total. The number of para-hydroxylation sites is 1. The Labute approximate surface area is 159 Å². The van der Waals surface area contributed by atoms with Gasteiger partial charge in [0.15, 0.2) is 0 Å². The predicted octanol–water partition coefficient (Wildman–Crippen LogP) is 2.42. The number of likely N-dealkylation sites (N-methyl/N-ethyl adjacent to an activating group) is 1. The van der Waals surface area contributed by atoms with Crippen LogP contribution in [-0.2, 0) is 4.74 Å². The van der Waals surface area contributed by atoms with Gasteiger partial charge >= 0.3 is 0 Å². The van der Waals surface area contributed by atoms with Crippen LogP contribution in [0.4, 0.5) is 5.69 Å². The molecule has 0 aliphatic carbocycles. The number of carbonyl (C=O) groups is 1. The molecule has 0 aromatic heterocycles. The lowest BCUT2D eigenvalue weighted by atomic mass is 10.1. The van der Waals surface area contributed by atoms with Crippen molar-refractivity contribution >= 4 is 11.6 Å². The molecular weight excluding hydrogens is 344 g/mol. The van der Waals surface area contributed by atoms with Crippen molar-refractivity contribution < 1.29 is 19.7 Å². The van der Waals surface area contributed by atoms with Gasteiger partial charge in [0.05, 0.1) is 31.4 Å². The van der Waals surface area contributed by atoms with Crippen molar-refractivity contribution in [2.24, 2.45) is 0 Å². The van der Waals surface area contributed by atoms with E-state index in [0.29, 0.717) is 30.9 Å². The summed E-state index contributed by atoms with van der Waals surface area (Å²) in [5, 5.41) is 20.1. The standard InChI is InChI=1S/C21H26N2O4/c1-2-22(15-20(25)16-6-5-7-17(24)14-16)21(26)18-8-3-4-9-19(18)23-10-12-27-13-11-23/h3-9,14,20,24-25H,2,10-13,15H2,1H3. The van der Waals surface area contributed by atoms with E-state index in [1.807, 2.05) is 31.2 Å². The van der Waals surface area contributed by atoms with Gasteiger partial charge in [-0.15, -0.1) is 0 Å². The Kier molecular flexibility index (Phi) is 6.32. The number of morpholine rings is 1. The zero-order valence-corrected chi connectivity index (χ0v) is 15.5. The summed E-state index contributed by atoms with van der Waals surface area (Å²) < 4.78 is 5.41. The number of phenols is 1.